The molecule has 2 aliphatic rings. The predicted octanol–water partition coefficient (Wildman–Crippen LogP) is 4.66. The van der Waals surface area contributed by atoms with Gasteiger partial charge in [0.1, 0.15) is 0 Å². The van der Waals surface area contributed by atoms with Crippen molar-refractivity contribution in [3.05, 3.63) is 12.7 Å². The van der Waals surface area contributed by atoms with Crippen molar-refractivity contribution in [1.82, 2.24) is 5.32 Å². The first-order chi connectivity index (χ1) is 13.2. The Morgan fingerprint density at radius 1 is 1.14 bits per heavy atom. The minimum absolute atomic E-state index is 0.256. The first kappa shape index (κ1) is 27.5. The molecule has 1 atom stereocenters. The second-order valence-electron chi connectivity index (χ2n) is 8.81. The Kier molecular flexibility index (Phi) is 14.3. The van der Waals surface area contributed by atoms with E-state index in [9.17, 15) is 0 Å². The van der Waals surface area contributed by atoms with Crippen LogP contribution in [0, 0.1) is 17.3 Å². The van der Waals surface area contributed by atoms with Gasteiger partial charge in [-0.25, -0.2) is 0 Å². The highest BCUT2D eigenvalue weighted by Gasteiger charge is 2.46. The molecule has 2 rings (SSSR count). The summed E-state index contributed by atoms with van der Waals surface area (Å²) in [6.45, 7) is 15.8. The van der Waals surface area contributed by atoms with E-state index in [4.69, 9.17) is 9.47 Å². The Labute approximate surface area is 174 Å². The lowest BCUT2D eigenvalue weighted by atomic mass is 9.64. The number of hydrogen-bond donors (Lipinski definition) is 1. The Bertz CT molecular complexity index is 388. The minimum atomic E-state index is -0.271. The van der Waals surface area contributed by atoms with Crippen LogP contribution < -0.4 is 5.32 Å². The van der Waals surface area contributed by atoms with Crippen LogP contribution in [0.4, 0.5) is 0 Å². The first-order valence-electron chi connectivity index (χ1n) is 10.7. The Morgan fingerprint density at radius 2 is 1.68 bits per heavy atom. The van der Waals surface area contributed by atoms with Gasteiger partial charge in [-0.1, -0.05) is 33.8 Å². The lowest BCUT2D eigenvalue weighted by molar-refractivity contribution is -0.198. The highest BCUT2D eigenvalue weighted by molar-refractivity contribution is 4.91. The molecule has 1 saturated heterocycles. The summed E-state index contributed by atoms with van der Waals surface area (Å²) >= 11 is 0. The SMILES string of the molecule is C=CCNCCC1COC2(CCC(C(C)(C)C(C)C)CC2)O1.COC.COC. The van der Waals surface area contributed by atoms with Gasteiger partial charge < -0.3 is 24.3 Å². The summed E-state index contributed by atoms with van der Waals surface area (Å²) in [6.07, 6.45) is 7.75. The molecule has 1 saturated carbocycles. The van der Waals surface area contributed by atoms with E-state index in [2.05, 4.69) is 49.1 Å². The van der Waals surface area contributed by atoms with Gasteiger partial charge in [0.2, 0.25) is 0 Å². The van der Waals surface area contributed by atoms with Gasteiger partial charge in [-0.2, -0.15) is 0 Å². The average molecular weight is 402 g/mol. The second kappa shape index (κ2) is 14.5. The third-order valence-corrected chi connectivity index (χ3v) is 6.13. The summed E-state index contributed by atoms with van der Waals surface area (Å²) in [6, 6.07) is 0. The number of rotatable bonds is 7. The Balaban J connectivity index is 0.00000108. The van der Waals surface area contributed by atoms with Crippen LogP contribution in [0.25, 0.3) is 0 Å². The van der Waals surface area contributed by atoms with E-state index in [-0.39, 0.29) is 11.9 Å². The summed E-state index contributed by atoms with van der Waals surface area (Å²) in [7, 11) is 6.50. The fourth-order valence-corrected chi connectivity index (χ4v) is 3.76. The number of methoxy groups -OCH3 is 2. The largest absolute Gasteiger partial charge is 0.388 e. The maximum Gasteiger partial charge on any atom is 0.168 e. The van der Waals surface area contributed by atoms with Gasteiger partial charge in [0.15, 0.2) is 5.79 Å². The molecule has 1 spiro atoms. The molecule has 0 aromatic carbocycles. The Morgan fingerprint density at radius 3 is 2.14 bits per heavy atom. The van der Waals surface area contributed by atoms with Gasteiger partial charge in [0.05, 0.1) is 12.7 Å². The number of hydrogen-bond acceptors (Lipinski definition) is 5. The van der Waals surface area contributed by atoms with Crippen molar-refractivity contribution in [1.29, 1.82) is 0 Å². The zero-order valence-corrected chi connectivity index (χ0v) is 19.8. The normalized spacial score (nSPS) is 27.0. The van der Waals surface area contributed by atoms with Gasteiger partial charge >= 0.3 is 0 Å². The third-order valence-electron chi connectivity index (χ3n) is 6.13. The highest BCUT2D eigenvalue weighted by Crippen LogP contribution is 2.48. The summed E-state index contributed by atoms with van der Waals surface area (Å²) < 4.78 is 20.9. The molecule has 1 aliphatic carbocycles. The minimum Gasteiger partial charge on any atom is -0.388 e. The van der Waals surface area contributed by atoms with Crippen molar-refractivity contribution in [2.75, 3.05) is 48.1 Å². The van der Waals surface area contributed by atoms with Crippen LogP contribution in [0.15, 0.2) is 12.7 Å². The topological polar surface area (TPSA) is 49.0 Å². The van der Waals surface area contributed by atoms with Crippen molar-refractivity contribution in [3.8, 4) is 0 Å². The van der Waals surface area contributed by atoms with Gasteiger partial charge in [-0.3, -0.25) is 0 Å². The van der Waals surface area contributed by atoms with Crippen LogP contribution in [-0.2, 0) is 18.9 Å². The van der Waals surface area contributed by atoms with Crippen molar-refractivity contribution in [3.63, 3.8) is 0 Å². The summed E-state index contributed by atoms with van der Waals surface area (Å²) in [5.41, 5.74) is 0.411. The molecule has 28 heavy (non-hydrogen) atoms. The van der Waals surface area contributed by atoms with E-state index in [1.807, 2.05) is 6.08 Å². The standard InChI is InChI=1S/C19H35NO2.2C2H6O/c1-6-12-20-13-9-17-14-21-19(22-17)10-7-16(8-11-19)18(4,5)15(2)3;2*1-3-2/h6,15-17,20H,1,7-14H2,2-5H3;2*1-2H3. The molecular formula is C23H47NO4. The van der Waals surface area contributed by atoms with Crippen LogP contribution in [0.5, 0.6) is 0 Å². The van der Waals surface area contributed by atoms with E-state index >= 15 is 0 Å². The highest BCUT2D eigenvalue weighted by atomic mass is 16.7. The molecule has 1 heterocycles. The molecule has 0 bridgehead atoms. The smallest absolute Gasteiger partial charge is 0.168 e. The molecule has 1 aliphatic heterocycles. The zero-order valence-electron chi connectivity index (χ0n) is 19.8. The van der Waals surface area contributed by atoms with Crippen LogP contribution >= 0.6 is 0 Å². The van der Waals surface area contributed by atoms with Gasteiger partial charge in [0, 0.05) is 47.8 Å². The third kappa shape index (κ3) is 9.36. The van der Waals surface area contributed by atoms with E-state index in [1.54, 1.807) is 28.4 Å². The predicted molar refractivity (Wildman–Crippen MR) is 118 cm³/mol. The molecule has 1 unspecified atom stereocenters. The maximum absolute atomic E-state index is 6.30. The van der Waals surface area contributed by atoms with Crippen molar-refractivity contribution in [2.24, 2.45) is 17.3 Å². The Hall–Kier alpha value is -0.460. The first-order valence-corrected chi connectivity index (χ1v) is 10.7. The van der Waals surface area contributed by atoms with Gasteiger partial charge in [-0.05, 0) is 43.1 Å². The fraction of sp³-hybridized carbons (Fsp3) is 0.913. The van der Waals surface area contributed by atoms with Crippen LogP contribution in [0.1, 0.15) is 59.8 Å². The van der Waals surface area contributed by atoms with Crippen molar-refractivity contribution < 1.29 is 18.9 Å². The molecule has 168 valence electrons. The summed E-state index contributed by atoms with van der Waals surface area (Å²) in [4.78, 5) is 0. The number of nitrogens with one attached hydrogen (secondary N) is 1. The number of ether oxygens (including phenoxy) is 4. The zero-order chi connectivity index (χ0) is 21.6. The molecule has 0 aromatic heterocycles. The van der Waals surface area contributed by atoms with Crippen molar-refractivity contribution in [2.45, 2.75) is 71.7 Å². The van der Waals surface area contributed by atoms with Crippen LogP contribution in [0.2, 0.25) is 0 Å². The molecule has 5 heteroatoms. The van der Waals surface area contributed by atoms with Crippen LogP contribution in [-0.4, -0.2) is 60.0 Å². The quantitative estimate of drug-likeness (QED) is 0.496. The maximum atomic E-state index is 6.30. The molecule has 0 amide bonds. The molecule has 1 N–H and O–H groups in total. The van der Waals surface area contributed by atoms with E-state index in [0.717, 1.165) is 50.8 Å². The van der Waals surface area contributed by atoms with E-state index in [1.165, 1.54) is 12.8 Å². The summed E-state index contributed by atoms with van der Waals surface area (Å²) in [5.74, 6) is 1.24. The molecule has 0 aromatic rings. The molecule has 5 nitrogen and oxygen atoms in total. The van der Waals surface area contributed by atoms with E-state index in [0.29, 0.717) is 5.41 Å². The molecular weight excluding hydrogens is 354 g/mol. The average Bonchev–Trinajstić information content (AvgIpc) is 3.03. The summed E-state index contributed by atoms with van der Waals surface area (Å²) in [5, 5.41) is 3.34. The fourth-order valence-electron chi connectivity index (χ4n) is 3.76. The van der Waals surface area contributed by atoms with Crippen molar-refractivity contribution >= 4 is 0 Å². The van der Waals surface area contributed by atoms with Crippen LogP contribution in [0.3, 0.4) is 0 Å². The lowest BCUT2D eigenvalue weighted by Gasteiger charge is -2.44. The van der Waals surface area contributed by atoms with Gasteiger partial charge in [-0.15, -0.1) is 6.58 Å². The lowest BCUT2D eigenvalue weighted by Crippen LogP contribution is -2.41. The molecule has 0 radical (unpaired) electrons. The second-order valence-corrected chi connectivity index (χ2v) is 8.81. The monoisotopic (exact) mass is 401 g/mol. The van der Waals surface area contributed by atoms with E-state index < -0.39 is 0 Å². The molecule has 2 fully saturated rings. The van der Waals surface area contributed by atoms with Gasteiger partial charge in [0.25, 0.3) is 0 Å².